The molecule has 6 heteroatoms. The molecule has 2 atom stereocenters. The summed E-state index contributed by atoms with van der Waals surface area (Å²) in [6.45, 7) is 1.42. The highest BCUT2D eigenvalue weighted by atomic mass is 35.5. The zero-order valence-corrected chi connectivity index (χ0v) is 13.6. The minimum atomic E-state index is -0.463. The van der Waals surface area contributed by atoms with Crippen LogP contribution in [0.4, 0.5) is 5.69 Å². The number of piperidine rings is 1. The average Bonchev–Trinajstić information content (AvgIpc) is 3.16. The van der Waals surface area contributed by atoms with Crippen molar-refractivity contribution in [3.05, 3.63) is 74.8 Å². The van der Waals surface area contributed by atoms with E-state index in [2.05, 4.69) is 0 Å². The number of likely N-dealkylation sites (tertiary alicyclic amines) is 1. The number of amides is 1. The maximum absolute atomic E-state index is 12.7. The van der Waals surface area contributed by atoms with Crippen LogP contribution in [-0.4, -0.2) is 28.8 Å². The van der Waals surface area contributed by atoms with E-state index in [-0.39, 0.29) is 17.0 Å². The minimum Gasteiger partial charge on any atom is -0.337 e. The molecule has 1 aliphatic carbocycles. The zero-order chi connectivity index (χ0) is 16.9. The monoisotopic (exact) mass is 342 g/mol. The predicted molar refractivity (Wildman–Crippen MR) is 90.2 cm³/mol. The first-order valence-electron chi connectivity index (χ1n) is 7.79. The number of fused-ring (bicyclic) bond motifs is 1. The van der Waals surface area contributed by atoms with Crippen LogP contribution in [0.2, 0.25) is 5.02 Å². The number of nitrogens with zero attached hydrogens (tertiary/aromatic N) is 2. The van der Waals surface area contributed by atoms with Crippen molar-refractivity contribution in [1.82, 2.24) is 4.90 Å². The van der Waals surface area contributed by atoms with E-state index in [1.807, 2.05) is 29.2 Å². The highest BCUT2D eigenvalue weighted by Gasteiger charge is 2.61. The Morgan fingerprint density at radius 1 is 1.17 bits per heavy atom. The number of halogens is 1. The number of rotatable bonds is 3. The minimum absolute atomic E-state index is 0.00606. The van der Waals surface area contributed by atoms with E-state index in [0.717, 1.165) is 13.0 Å². The molecule has 1 heterocycles. The molecule has 0 N–H and O–H groups in total. The number of nitro groups is 1. The van der Waals surface area contributed by atoms with E-state index in [9.17, 15) is 14.9 Å². The van der Waals surface area contributed by atoms with Gasteiger partial charge in [-0.3, -0.25) is 14.9 Å². The van der Waals surface area contributed by atoms with Gasteiger partial charge in [0.25, 0.3) is 11.6 Å². The van der Waals surface area contributed by atoms with Crippen molar-refractivity contribution < 1.29 is 9.72 Å². The third-order valence-corrected chi connectivity index (χ3v) is 5.43. The lowest BCUT2D eigenvalue weighted by molar-refractivity contribution is -0.384. The fraction of sp³-hybridized carbons (Fsp3) is 0.278. The Labute approximate surface area is 144 Å². The van der Waals surface area contributed by atoms with Gasteiger partial charge in [0.05, 0.1) is 4.92 Å². The molecule has 2 aromatic carbocycles. The molecule has 1 saturated carbocycles. The van der Waals surface area contributed by atoms with E-state index in [1.54, 1.807) is 0 Å². The summed E-state index contributed by atoms with van der Waals surface area (Å²) in [5.74, 6) is 0.422. The number of carbonyl (C=O) groups excluding carboxylic acids is 1. The zero-order valence-electron chi connectivity index (χ0n) is 12.8. The van der Waals surface area contributed by atoms with Crippen LogP contribution >= 0.6 is 11.6 Å². The van der Waals surface area contributed by atoms with Crippen LogP contribution in [-0.2, 0) is 5.41 Å². The molecule has 1 aliphatic heterocycles. The molecule has 1 saturated heterocycles. The number of benzene rings is 2. The van der Waals surface area contributed by atoms with E-state index < -0.39 is 4.92 Å². The fourth-order valence-corrected chi connectivity index (χ4v) is 3.90. The number of carbonyl (C=O) groups is 1. The summed E-state index contributed by atoms with van der Waals surface area (Å²) in [5, 5.41) is 11.4. The lowest BCUT2D eigenvalue weighted by atomic mass is 9.95. The summed E-state index contributed by atoms with van der Waals surface area (Å²) < 4.78 is 0. The van der Waals surface area contributed by atoms with Crippen molar-refractivity contribution in [2.24, 2.45) is 5.92 Å². The largest absolute Gasteiger partial charge is 0.337 e. The summed E-state index contributed by atoms with van der Waals surface area (Å²) in [5.41, 5.74) is 1.78. The smallest absolute Gasteiger partial charge is 0.269 e. The molecule has 4 rings (SSSR count). The molecule has 0 radical (unpaired) electrons. The summed E-state index contributed by atoms with van der Waals surface area (Å²) in [6.07, 6.45) is 1.10. The molecule has 122 valence electrons. The maximum Gasteiger partial charge on any atom is 0.269 e. The Kier molecular flexibility index (Phi) is 3.35. The van der Waals surface area contributed by atoms with Crippen molar-refractivity contribution in [1.29, 1.82) is 0 Å². The molecule has 2 unspecified atom stereocenters. The van der Waals surface area contributed by atoms with Gasteiger partial charge in [0.1, 0.15) is 0 Å². The van der Waals surface area contributed by atoms with Crippen molar-refractivity contribution >= 4 is 23.2 Å². The van der Waals surface area contributed by atoms with Crippen LogP contribution in [0.3, 0.4) is 0 Å². The van der Waals surface area contributed by atoms with Crippen LogP contribution in [0.15, 0.2) is 48.5 Å². The lowest BCUT2D eigenvalue weighted by Gasteiger charge is -2.21. The lowest BCUT2D eigenvalue weighted by Crippen LogP contribution is -2.32. The Bertz CT molecular complexity index is 819. The van der Waals surface area contributed by atoms with Gasteiger partial charge in [-0.15, -0.1) is 0 Å². The van der Waals surface area contributed by atoms with E-state index in [4.69, 9.17) is 11.6 Å². The third-order valence-electron chi connectivity index (χ3n) is 5.18. The molecule has 0 aromatic heterocycles. The van der Waals surface area contributed by atoms with Gasteiger partial charge < -0.3 is 4.90 Å². The Morgan fingerprint density at radius 3 is 2.46 bits per heavy atom. The molecular formula is C18H15ClN2O3. The van der Waals surface area contributed by atoms with Gasteiger partial charge in [-0.25, -0.2) is 0 Å². The second-order valence-corrected chi connectivity index (χ2v) is 6.99. The van der Waals surface area contributed by atoms with Crippen molar-refractivity contribution in [2.75, 3.05) is 13.1 Å². The van der Waals surface area contributed by atoms with Crippen molar-refractivity contribution in [3.8, 4) is 0 Å². The molecule has 2 aromatic rings. The van der Waals surface area contributed by atoms with Gasteiger partial charge in [0.15, 0.2) is 0 Å². The topological polar surface area (TPSA) is 63.4 Å². The molecule has 2 aliphatic rings. The van der Waals surface area contributed by atoms with Crippen LogP contribution in [0.1, 0.15) is 22.3 Å². The van der Waals surface area contributed by atoms with Crippen LogP contribution in [0, 0.1) is 16.0 Å². The third kappa shape index (κ3) is 2.36. The molecule has 0 bridgehead atoms. The number of hydrogen-bond acceptors (Lipinski definition) is 3. The predicted octanol–water partition coefficient (Wildman–Crippen LogP) is 3.66. The second-order valence-electron chi connectivity index (χ2n) is 6.55. The van der Waals surface area contributed by atoms with E-state index >= 15 is 0 Å². The standard InChI is InChI=1S/C18H15ClN2O3/c19-15-5-3-13(4-6-15)18-9-14(18)10-20(11-18)17(22)12-1-7-16(8-2-12)21(23)24/h1-8,14H,9-11H2. The highest BCUT2D eigenvalue weighted by Crippen LogP contribution is 2.59. The van der Waals surface area contributed by atoms with Crippen LogP contribution in [0.5, 0.6) is 0 Å². The van der Waals surface area contributed by atoms with Gasteiger partial charge in [-0.2, -0.15) is 0 Å². The summed E-state index contributed by atoms with van der Waals surface area (Å²) in [7, 11) is 0. The first-order chi connectivity index (χ1) is 11.5. The molecule has 2 fully saturated rings. The quantitative estimate of drug-likeness (QED) is 0.631. The second kappa shape index (κ2) is 5.31. The molecule has 1 amide bonds. The number of hydrogen-bond donors (Lipinski definition) is 0. The highest BCUT2D eigenvalue weighted by molar-refractivity contribution is 6.30. The number of nitro benzene ring substituents is 1. The van der Waals surface area contributed by atoms with Crippen molar-refractivity contribution in [3.63, 3.8) is 0 Å². The van der Waals surface area contributed by atoms with Gasteiger partial charge in [-0.1, -0.05) is 23.7 Å². The Balaban J connectivity index is 1.52. The SMILES string of the molecule is O=C(c1ccc([N+](=O)[O-])cc1)N1CC2CC2(c2ccc(Cl)cc2)C1. The van der Waals surface area contributed by atoms with E-state index in [0.29, 0.717) is 23.0 Å². The number of non-ortho nitro benzene ring substituents is 1. The first-order valence-corrected chi connectivity index (χ1v) is 8.17. The van der Waals surface area contributed by atoms with E-state index in [1.165, 1.54) is 29.8 Å². The van der Waals surface area contributed by atoms with Gasteiger partial charge in [0, 0.05) is 41.2 Å². The van der Waals surface area contributed by atoms with Crippen molar-refractivity contribution in [2.45, 2.75) is 11.8 Å². The normalized spacial score (nSPS) is 24.5. The summed E-state index contributed by atoms with van der Waals surface area (Å²) in [6, 6.07) is 13.7. The summed E-state index contributed by atoms with van der Waals surface area (Å²) in [4.78, 5) is 24.8. The molecular weight excluding hydrogens is 328 g/mol. The van der Waals surface area contributed by atoms with Gasteiger partial charge >= 0.3 is 0 Å². The Morgan fingerprint density at radius 2 is 1.83 bits per heavy atom. The fourth-order valence-electron chi connectivity index (χ4n) is 3.77. The average molecular weight is 343 g/mol. The Hall–Kier alpha value is -2.40. The molecule has 5 nitrogen and oxygen atoms in total. The first kappa shape index (κ1) is 15.1. The molecule has 24 heavy (non-hydrogen) atoms. The summed E-state index contributed by atoms with van der Waals surface area (Å²) >= 11 is 5.96. The maximum atomic E-state index is 12.7. The van der Waals surface area contributed by atoms with Gasteiger partial charge in [0.2, 0.25) is 0 Å². The molecule has 0 spiro atoms. The van der Waals surface area contributed by atoms with Crippen LogP contribution in [0.25, 0.3) is 0 Å². The van der Waals surface area contributed by atoms with Crippen LogP contribution < -0.4 is 0 Å². The van der Waals surface area contributed by atoms with Gasteiger partial charge in [-0.05, 0) is 42.2 Å².